The second-order valence-corrected chi connectivity index (χ2v) is 7.39. The molecular weight excluding hydrogens is 473 g/mol. The van der Waals surface area contributed by atoms with E-state index >= 15 is 0 Å². The number of esters is 1. The van der Waals surface area contributed by atoms with Gasteiger partial charge in [0.05, 0.1) is 23.6 Å². The number of hydrogen-bond donors (Lipinski definition) is 1. The Hall–Kier alpha value is -3.59. The normalized spacial score (nSPS) is 11.6. The third-order valence-corrected chi connectivity index (χ3v) is 4.67. The van der Waals surface area contributed by atoms with Crippen LogP contribution in [-0.4, -0.2) is 19.8 Å². The molecule has 0 aliphatic carbocycles. The minimum absolute atomic E-state index is 0.334. The molecule has 0 unspecified atom stereocenters. The van der Waals surface area contributed by atoms with Crippen molar-refractivity contribution in [2.45, 2.75) is 6.92 Å². The van der Waals surface area contributed by atoms with Gasteiger partial charge in [0.25, 0.3) is 0 Å². The molecule has 10 heteroatoms. The van der Waals surface area contributed by atoms with Crippen molar-refractivity contribution in [1.29, 1.82) is 0 Å². The van der Waals surface area contributed by atoms with Crippen LogP contribution in [0.3, 0.4) is 0 Å². The summed E-state index contributed by atoms with van der Waals surface area (Å²) in [6, 6.07) is 24.5. The molecule has 1 aromatic heterocycles. The van der Waals surface area contributed by atoms with E-state index in [0.717, 1.165) is 27.8 Å². The van der Waals surface area contributed by atoms with Crippen LogP contribution in [0.25, 0.3) is 22.3 Å². The zero-order chi connectivity index (χ0) is 24.7. The van der Waals surface area contributed by atoms with Gasteiger partial charge in [0.1, 0.15) is 11.3 Å². The monoisotopic (exact) mass is 491 g/mol. The number of fused-ring (bicyclic) bond motifs is 1. The number of carbonyl (C=O) groups is 1. The van der Waals surface area contributed by atoms with E-state index < -0.39 is 7.25 Å². The fraction of sp³-hybridized carbons (Fsp3) is 0.0833. The molecule has 0 amide bonds. The van der Waals surface area contributed by atoms with Crippen LogP contribution < -0.4 is 10.3 Å². The van der Waals surface area contributed by atoms with E-state index in [1.807, 2.05) is 60.7 Å². The highest BCUT2D eigenvalue weighted by molar-refractivity contribution is 6.50. The zero-order valence-electron chi connectivity index (χ0n) is 17.9. The maximum absolute atomic E-state index is 12.1. The van der Waals surface area contributed by atoms with Crippen molar-refractivity contribution >= 4 is 41.5 Å². The van der Waals surface area contributed by atoms with Crippen molar-refractivity contribution in [2.24, 2.45) is 0 Å². The third-order valence-electron chi connectivity index (χ3n) is 4.44. The Kier molecular flexibility index (Phi) is 8.12. The van der Waals surface area contributed by atoms with Gasteiger partial charge >= 0.3 is 13.2 Å². The molecule has 0 saturated carbocycles. The Bertz CT molecular complexity index is 1350. The van der Waals surface area contributed by atoms with Crippen LogP contribution in [0.15, 0.2) is 83.3 Å². The van der Waals surface area contributed by atoms with Gasteiger partial charge in [-0.15, -0.1) is 0 Å². The van der Waals surface area contributed by atoms with Crippen LogP contribution >= 0.6 is 11.6 Å². The highest BCUT2D eigenvalue weighted by Crippen LogP contribution is 2.23. The molecule has 0 bridgehead atoms. The van der Waals surface area contributed by atoms with Gasteiger partial charge in [-0.3, -0.25) is 0 Å². The third kappa shape index (κ3) is 7.21. The van der Waals surface area contributed by atoms with Crippen LogP contribution in [0.2, 0.25) is 5.02 Å². The first-order chi connectivity index (χ1) is 16.1. The van der Waals surface area contributed by atoms with Crippen molar-refractivity contribution < 1.29 is 36.2 Å². The van der Waals surface area contributed by atoms with Crippen molar-refractivity contribution in [3.05, 3.63) is 94.8 Å². The number of halogens is 5. The van der Waals surface area contributed by atoms with Crippen molar-refractivity contribution in [2.75, 3.05) is 6.61 Å². The summed E-state index contributed by atoms with van der Waals surface area (Å²) in [6.45, 7) is 2.12. The number of rotatable bonds is 4. The fourth-order valence-electron chi connectivity index (χ4n) is 3.10. The second kappa shape index (κ2) is 11.0. The maximum Gasteiger partial charge on any atom is 0.673 e. The van der Waals surface area contributed by atoms with Gasteiger partial charge in [0.15, 0.2) is 0 Å². The number of nitrogens with one attached hydrogen (secondary N) is 1. The number of ether oxygens (including phenoxy) is 1. The van der Waals surface area contributed by atoms with Gasteiger partial charge in [-0.2, -0.15) is 0 Å². The van der Waals surface area contributed by atoms with Crippen LogP contribution in [0.4, 0.5) is 23.0 Å². The van der Waals surface area contributed by atoms with Gasteiger partial charge in [-0.1, -0.05) is 48.0 Å². The van der Waals surface area contributed by atoms with Gasteiger partial charge in [0, 0.05) is 22.7 Å². The van der Waals surface area contributed by atoms with Crippen LogP contribution in [0.5, 0.6) is 0 Å². The summed E-state index contributed by atoms with van der Waals surface area (Å²) in [6.07, 6.45) is 0. The Morgan fingerprint density at radius 1 is 0.971 bits per heavy atom. The summed E-state index contributed by atoms with van der Waals surface area (Å²) in [5.74, 6) is 0.376. The predicted octanol–water partition coefficient (Wildman–Crippen LogP) is 5.54. The molecular formula is C24H19BClF4NO3. The molecule has 0 aliphatic rings. The summed E-state index contributed by atoms with van der Waals surface area (Å²) in [4.78, 5) is 15.5. The van der Waals surface area contributed by atoms with E-state index in [2.05, 4.69) is 4.99 Å². The molecule has 0 fully saturated rings. The highest BCUT2D eigenvalue weighted by atomic mass is 35.5. The smallest absolute Gasteiger partial charge is 0.462 e. The molecule has 4 nitrogen and oxygen atoms in total. The summed E-state index contributed by atoms with van der Waals surface area (Å²) in [7, 11) is -6.00. The molecule has 1 heterocycles. The second-order valence-electron chi connectivity index (χ2n) is 6.95. The molecule has 0 radical (unpaired) electrons. The van der Waals surface area contributed by atoms with Gasteiger partial charge in [-0.05, 0) is 31.2 Å². The quantitative estimate of drug-likeness (QED) is 0.232. The van der Waals surface area contributed by atoms with Gasteiger partial charge in [0.2, 0.25) is 11.0 Å². The average Bonchev–Trinajstić information content (AvgIpc) is 2.79. The molecule has 3 aromatic carbocycles. The molecule has 4 rings (SSSR count). The Morgan fingerprint density at radius 3 is 2.35 bits per heavy atom. The topological polar surface area (TPSA) is 53.4 Å². The lowest BCUT2D eigenvalue weighted by molar-refractivity contribution is -0.400. The van der Waals surface area contributed by atoms with Crippen LogP contribution in [-0.2, 0) is 4.74 Å². The summed E-state index contributed by atoms with van der Waals surface area (Å²) in [5, 5.41) is 2.29. The van der Waals surface area contributed by atoms with E-state index in [0.29, 0.717) is 22.8 Å². The number of carbonyl (C=O) groups excluding carboxylic acids is 1. The number of benzene rings is 3. The Morgan fingerprint density at radius 2 is 1.68 bits per heavy atom. The van der Waals surface area contributed by atoms with Crippen LogP contribution in [0, 0.1) is 0 Å². The highest BCUT2D eigenvalue weighted by Gasteiger charge is 2.20. The minimum Gasteiger partial charge on any atom is -0.462 e. The first-order valence-electron chi connectivity index (χ1n) is 10.2. The standard InChI is InChI=1S/C24H18ClNO3.BF4/c1-2-28-24(27)17-9-6-10-19(13-17)26-21-15-23(16-7-4-3-5-8-16)29-22-12-11-18(25)14-20(21)22;2-1(3,4)5/h3-15H,2H2,1H3;/q;-1/p+1. The van der Waals surface area contributed by atoms with E-state index in [-0.39, 0.29) is 5.97 Å². The van der Waals surface area contributed by atoms with Gasteiger partial charge < -0.3 is 26.4 Å². The lowest BCUT2D eigenvalue weighted by atomic mass is 10.1. The largest absolute Gasteiger partial charge is 0.673 e. The lowest BCUT2D eigenvalue weighted by Gasteiger charge is -2.04. The van der Waals surface area contributed by atoms with E-state index in [4.69, 9.17) is 20.8 Å². The summed E-state index contributed by atoms with van der Waals surface area (Å²) in [5.41, 5.74) is 2.93. The first kappa shape index (κ1) is 25.0. The Balaban J connectivity index is 0.000000588. The van der Waals surface area contributed by atoms with Crippen molar-refractivity contribution in [3.63, 3.8) is 0 Å². The molecule has 176 valence electrons. The lowest BCUT2D eigenvalue weighted by Crippen LogP contribution is -2.70. The van der Waals surface area contributed by atoms with E-state index in [9.17, 15) is 22.1 Å². The number of hydrogen-bond acceptors (Lipinski definition) is 3. The van der Waals surface area contributed by atoms with Crippen molar-refractivity contribution in [1.82, 2.24) is 0 Å². The molecule has 1 N–H and O–H groups in total. The average molecular weight is 492 g/mol. The summed E-state index contributed by atoms with van der Waals surface area (Å²) >= 11 is 6.22. The van der Waals surface area contributed by atoms with Crippen LogP contribution in [0.1, 0.15) is 17.3 Å². The molecule has 0 spiro atoms. The molecule has 0 aliphatic heterocycles. The maximum atomic E-state index is 12.1. The van der Waals surface area contributed by atoms with Gasteiger partial charge in [-0.25, -0.2) is 9.79 Å². The molecule has 4 aromatic rings. The fourth-order valence-corrected chi connectivity index (χ4v) is 3.27. The predicted molar refractivity (Wildman–Crippen MR) is 123 cm³/mol. The first-order valence-corrected chi connectivity index (χ1v) is 10.5. The Labute approximate surface area is 197 Å². The minimum atomic E-state index is -6.00. The van der Waals surface area contributed by atoms with Crippen molar-refractivity contribution in [3.8, 4) is 11.3 Å². The molecule has 0 saturated heterocycles. The van der Waals surface area contributed by atoms with E-state index in [1.165, 1.54) is 0 Å². The summed E-state index contributed by atoms with van der Waals surface area (Å²) < 4.78 is 50.2. The molecule has 0 atom stereocenters. The zero-order valence-corrected chi connectivity index (χ0v) is 18.7. The SMILES string of the molecule is CCOC(=O)c1cccc([NH+]=c2cc(-c3ccccc3)oc3ccc(Cl)cc23)c1.F[B-](F)(F)F. The molecule has 34 heavy (non-hydrogen) atoms. The van der Waals surface area contributed by atoms with E-state index in [1.54, 1.807) is 25.1 Å².